The quantitative estimate of drug-likeness (QED) is 0.453. The highest BCUT2D eigenvalue weighted by atomic mass is 16.2. The van der Waals surface area contributed by atoms with Gasteiger partial charge in [0, 0.05) is 35.5 Å². The monoisotopic (exact) mass is 399 g/mol. The Morgan fingerprint density at radius 1 is 0.900 bits per heavy atom. The van der Waals surface area contributed by atoms with E-state index in [1.54, 1.807) is 10.9 Å². The van der Waals surface area contributed by atoms with Crippen LogP contribution in [0.2, 0.25) is 0 Å². The van der Waals surface area contributed by atoms with E-state index in [9.17, 15) is 4.79 Å². The molecule has 0 aliphatic heterocycles. The number of aryl methyl sites for hydroxylation is 2. The lowest BCUT2D eigenvalue weighted by atomic mass is 10.2. The summed E-state index contributed by atoms with van der Waals surface area (Å²) in [5.41, 5.74) is 3.30. The number of anilines is 4. The summed E-state index contributed by atoms with van der Waals surface area (Å²) < 4.78 is 1.68. The summed E-state index contributed by atoms with van der Waals surface area (Å²) in [6.07, 6.45) is 3.53. The molecular formula is C22H21N7O. The number of carbonyl (C=O) groups excluding carboxylic acids is 1. The van der Waals surface area contributed by atoms with Crippen LogP contribution < -0.4 is 16.0 Å². The number of rotatable bonds is 5. The third-order valence-electron chi connectivity index (χ3n) is 4.37. The van der Waals surface area contributed by atoms with Gasteiger partial charge < -0.3 is 16.0 Å². The number of benzene rings is 2. The molecule has 3 N–H and O–H groups in total. The minimum Gasteiger partial charge on any atom is -0.340 e. The van der Waals surface area contributed by atoms with Crippen LogP contribution in [0.3, 0.4) is 0 Å². The van der Waals surface area contributed by atoms with Crippen LogP contribution in [0.15, 0.2) is 73.1 Å². The minimum absolute atomic E-state index is 0.291. The van der Waals surface area contributed by atoms with Crippen molar-refractivity contribution in [3.8, 4) is 5.82 Å². The third-order valence-corrected chi connectivity index (χ3v) is 4.37. The lowest BCUT2D eigenvalue weighted by Crippen LogP contribution is -2.19. The van der Waals surface area contributed by atoms with Crippen LogP contribution >= 0.6 is 0 Å². The molecule has 2 aromatic heterocycles. The van der Waals surface area contributed by atoms with E-state index in [4.69, 9.17) is 0 Å². The van der Waals surface area contributed by atoms with Gasteiger partial charge in [0.05, 0.1) is 0 Å². The molecule has 0 unspecified atom stereocenters. The van der Waals surface area contributed by atoms with Crippen molar-refractivity contribution in [3.05, 3.63) is 84.4 Å². The Bertz CT molecular complexity index is 1150. The van der Waals surface area contributed by atoms with Gasteiger partial charge in [0.1, 0.15) is 11.6 Å². The molecule has 0 saturated heterocycles. The van der Waals surface area contributed by atoms with Crippen molar-refractivity contribution >= 4 is 28.9 Å². The summed E-state index contributed by atoms with van der Waals surface area (Å²) in [6.45, 7) is 3.78. The maximum absolute atomic E-state index is 12.2. The second-order valence-corrected chi connectivity index (χ2v) is 6.71. The number of para-hydroxylation sites is 1. The van der Waals surface area contributed by atoms with Gasteiger partial charge in [-0.3, -0.25) is 0 Å². The van der Waals surface area contributed by atoms with Crippen molar-refractivity contribution in [2.24, 2.45) is 0 Å². The highest BCUT2D eigenvalue weighted by molar-refractivity contribution is 6.00. The predicted molar refractivity (Wildman–Crippen MR) is 117 cm³/mol. The first-order valence-electron chi connectivity index (χ1n) is 9.43. The highest BCUT2D eigenvalue weighted by Gasteiger charge is 2.07. The first kappa shape index (κ1) is 19.1. The Balaban J connectivity index is 1.42. The second-order valence-electron chi connectivity index (χ2n) is 6.71. The Labute approximate surface area is 174 Å². The molecule has 0 radical (unpaired) electrons. The number of hydrogen-bond donors (Lipinski definition) is 3. The van der Waals surface area contributed by atoms with Crippen molar-refractivity contribution in [2.75, 3.05) is 16.0 Å². The number of hydrogen-bond acceptors (Lipinski definition) is 5. The van der Waals surface area contributed by atoms with Crippen molar-refractivity contribution in [1.82, 2.24) is 19.7 Å². The molecule has 2 aromatic carbocycles. The zero-order chi connectivity index (χ0) is 20.9. The van der Waals surface area contributed by atoms with Crippen molar-refractivity contribution in [2.45, 2.75) is 13.8 Å². The third kappa shape index (κ3) is 4.61. The van der Waals surface area contributed by atoms with Gasteiger partial charge >= 0.3 is 6.03 Å². The zero-order valence-corrected chi connectivity index (χ0v) is 16.6. The number of carbonyl (C=O) groups is 1. The van der Waals surface area contributed by atoms with Gasteiger partial charge in [0.2, 0.25) is 0 Å². The van der Waals surface area contributed by atoms with E-state index in [-0.39, 0.29) is 6.03 Å². The number of amides is 2. The van der Waals surface area contributed by atoms with Crippen LogP contribution in [0.5, 0.6) is 0 Å². The fourth-order valence-corrected chi connectivity index (χ4v) is 2.92. The molecular weight excluding hydrogens is 378 g/mol. The molecule has 150 valence electrons. The normalized spacial score (nSPS) is 10.5. The number of nitrogens with one attached hydrogen (secondary N) is 3. The maximum atomic E-state index is 12.2. The lowest BCUT2D eigenvalue weighted by Gasteiger charge is -2.11. The van der Waals surface area contributed by atoms with Gasteiger partial charge in [-0.25, -0.2) is 19.4 Å². The predicted octanol–water partition coefficient (Wildman–Crippen LogP) is 4.67. The highest BCUT2D eigenvalue weighted by Crippen LogP contribution is 2.20. The van der Waals surface area contributed by atoms with Gasteiger partial charge in [-0.05, 0) is 55.8 Å². The fourth-order valence-electron chi connectivity index (χ4n) is 2.92. The van der Waals surface area contributed by atoms with Gasteiger partial charge in [-0.2, -0.15) is 5.10 Å². The molecule has 2 heterocycles. The van der Waals surface area contributed by atoms with Crippen LogP contribution in [0.4, 0.5) is 27.7 Å². The van der Waals surface area contributed by atoms with E-state index in [0.717, 1.165) is 16.9 Å². The first-order chi connectivity index (χ1) is 14.6. The average molecular weight is 399 g/mol. The summed E-state index contributed by atoms with van der Waals surface area (Å²) in [5, 5.41) is 13.1. The van der Waals surface area contributed by atoms with Crippen LogP contribution in [-0.4, -0.2) is 25.8 Å². The number of nitrogens with zero attached hydrogens (tertiary/aromatic N) is 4. The lowest BCUT2D eigenvalue weighted by molar-refractivity contribution is 0.262. The molecule has 0 fully saturated rings. The van der Waals surface area contributed by atoms with Crippen LogP contribution in [0.1, 0.15) is 11.4 Å². The van der Waals surface area contributed by atoms with E-state index in [1.165, 1.54) is 0 Å². The molecule has 0 spiro atoms. The van der Waals surface area contributed by atoms with Crippen LogP contribution in [0.25, 0.3) is 5.82 Å². The molecule has 0 aliphatic carbocycles. The smallest absolute Gasteiger partial charge is 0.323 e. The SMILES string of the molecule is Cc1nc(Nc2ccc(NC(=O)Nc3ccccc3C)cc2)cc(-n2cccn2)n1. The van der Waals surface area contributed by atoms with Gasteiger partial charge in [0.25, 0.3) is 0 Å². The summed E-state index contributed by atoms with van der Waals surface area (Å²) >= 11 is 0. The van der Waals surface area contributed by atoms with Crippen molar-refractivity contribution < 1.29 is 4.79 Å². The van der Waals surface area contributed by atoms with Crippen LogP contribution in [0, 0.1) is 13.8 Å². The van der Waals surface area contributed by atoms with Gasteiger partial charge in [0.15, 0.2) is 5.82 Å². The van der Waals surface area contributed by atoms with E-state index in [1.807, 2.05) is 80.7 Å². The second kappa shape index (κ2) is 8.44. The first-order valence-corrected chi connectivity index (χ1v) is 9.43. The maximum Gasteiger partial charge on any atom is 0.323 e. The molecule has 0 bridgehead atoms. The van der Waals surface area contributed by atoms with E-state index in [2.05, 4.69) is 31.0 Å². The molecule has 4 rings (SSSR count). The standard InChI is InChI=1S/C22H21N7O/c1-15-6-3-4-7-19(15)28-22(30)27-18-10-8-17(9-11-18)26-20-14-21(25-16(2)24-20)29-13-5-12-23-29/h3-14H,1-2H3,(H,24,25,26)(H2,27,28,30). The fraction of sp³-hybridized carbons (Fsp3) is 0.0909. The Morgan fingerprint density at radius 2 is 1.67 bits per heavy atom. The molecule has 0 saturated carbocycles. The molecule has 0 atom stereocenters. The summed E-state index contributed by atoms with van der Waals surface area (Å²) in [4.78, 5) is 21.1. The van der Waals surface area contributed by atoms with E-state index >= 15 is 0 Å². The van der Waals surface area contributed by atoms with Crippen molar-refractivity contribution in [3.63, 3.8) is 0 Å². The van der Waals surface area contributed by atoms with Gasteiger partial charge in [-0.15, -0.1) is 0 Å². The minimum atomic E-state index is -0.291. The Hall–Kier alpha value is -4.20. The molecule has 4 aromatic rings. The van der Waals surface area contributed by atoms with E-state index in [0.29, 0.717) is 23.1 Å². The Morgan fingerprint density at radius 3 is 2.40 bits per heavy atom. The summed E-state index contributed by atoms with van der Waals surface area (Å²) in [6, 6.07) is 18.4. The summed E-state index contributed by atoms with van der Waals surface area (Å²) in [7, 11) is 0. The largest absolute Gasteiger partial charge is 0.340 e. The van der Waals surface area contributed by atoms with E-state index < -0.39 is 0 Å². The molecule has 2 amide bonds. The van der Waals surface area contributed by atoms with Crippen molar-refractivity contribution in [1.29, 1.82) is 0 Å². The number of urea groups is 1. The number of aromatic nitrogens is 4. The molecule has 8 nitrogen and oxygen atoms in total. The average Bonchev–Trinajstić information content (AvgIpc) is 3.26. The molecule has 8 heteroatoms. The topological polar surface area (TPSA) is 96.8 Å². The Kier molecular flexibility index (Phi) is 5.38. The zero-order valence-electron chi connectivity index (χ0n) is 16.6. The summed E-state index contributed by atoms with van der Waals surface area (Å²) in [5.74, 6) is 1.98. The van der Waals surface area contributed by atoms with Gasteiger partial charge in [-0.1, -0.05) is 18.2 Å². The molecule has 0 aliphatic rings. The molecule has 30 heavy (non-hydrogen) atoms. The van der Waals surface area contributed by atoms with Crippen LogP contribution in [-0.2, 0) is 0 Å².